The fourth-order valence-electron chi connectivity index (χ4n) is 8.48. The number of fused-ring (bicyclic) bond motifs is 2. The lowest BCUT2D eigenvalue weighted by atomic mass is 9.87. The van der Waals surface area contributed by atoms with E-state index in [9.17, 15) is 19.2 Å². The summed E-state index contributed by atoms with van der Waals surface area (Å²) in [6.07, 6.45) is 0. The van der Waals surface area contributed by atoms with Crippen molar-refractivity contribution in [2.75, 3.05) is 21.3 Å². The number of nitrogen functional groups attached to an aromatic ring is 2. The molecule has 0 saturated carbocycles. The van der Waals surface area contributed by atoms with Gasteiger partial charge in [-0.15, -0.1) is 0 Å². The van der Waals surface area contributed by atoms with E-state index >= 15 is 0 Å². The molecule has 4 amide bonds. The number of nitrogens with zero attached hydrogens (tertiary/aromatic N) is 2. The van der Waals surface area contributed by atoms with Crippen molar-refractivity contribution in [2.45, 2.75) is 34.6 Å². The number of benzene rings is 7. The Bertz CT molecular complexity index is 2980. The molecule has 0 aliphatic carbocycles. The number of nitrogens with two attached hydrogens (primary N) is 2. The number of imide groups is 2. The molecule has 0 atom stereocenters. The Kier molecular flexibility index (Phi) is 8.67. The number of anilines is 4. The van der Waals surface area contributed by atoms with Crippen molar-refractivity contribution in [1.29, 1.82) is 0 Å². The van der Waals surface area contributed by atoms with E-state index < -0.39 is 0 Å². The standard InChI is InChI=1S/C51H40N4O4/c1-27-24-38(54-48(56)43-17-10-34(25-45(43)50(54)58)32-6-12-36(52)13-7-32)16-19-39(27)40-20-21-41(29(3)28(40)2)42-22-23-47(31(5)30(42)4)55-49(57)44-18-11-35(26-46(44)51(55)59)33-8-14-37(53)15-9-33/h6-26H,52-53H2,1-5H3. The zero-order valence-electron chi connectivity index (χ0n) is 33.3. The van der Waals surface area contributed by atoms with Gasteiger partial charge in [-0.1, -0.05) is 60.7 Å². The molecule has 4 N–H and O–H groups in total. The highest BCUT2D eigenvalue weighted by Crippen LogP contribution is 2.41. The van der Waals surface area contributed by atoms with Crippen LogP contribution in [-0.2, 0) is 0 Å². The van der Waals surface area contributed by atoms with Gasteiger partial charge < -0.3 is 11.5 Å². The lowest BCUT2D eigenvalue weighted by Crippen LogP contribution is -2.30. The van der Waals surface area contributed by atoms with Crippen LogP contribution in [0.4, 0.5) is 22.7 Å². The summed E-state index contributed by atoms with van der Waals surface area (Å²) in [6, 6.07) is 39.3. The van der Waals surface area contributed by atoms with E-state index in [4.69, 9.17) is 11.5 Å². The molecule has 7 aromatic carbocycles. The third kappa shape index (κ3) is 5.91. The van der Waals surface area contributed by atoms with E-state index in [2.05, 4.69) is 26.0 Å². The monoisotopic (exact) mass is 772 g/mol. The van der Waals surface area contributed by atoms with Crippen LogP contribution in [0.5, 0.6) is 0 Å². The summed E-state index contributed by atoms with van der Waals surface area (Å²) in [5.74, 6) is -1.38. The summed E-state index contributed by atoms with van der Waals surface area (Å²) in [5, 5.41) is 0. The van der Waals surface area contributed by atoms with E-state index in [0.29, 0.717) is 45.0 Å². The van der Waals surface area contributed by atoms with Gasteiger partial charge in [-0.3, -0.25) is 19.2 Å². The molecular formula is C51H40N4O4. The Labute approximate surface area is 342 Å². The molecule has 9 rings (SSSR count). The second-order valence-electron chi connectivity index (χ2n) is 15.4. The Morgan fingerprint density at radius 1 is 0.339 bits per heavy atom. The van der Waals surface area contributed by atoms with Crippen LogP contribution in [0.2, 0.25) is 0 Å². The first-order chi connectivity index (χ1) is 28.3. The van der Waals surface area contributed by atoms with Gasteiger partial charge in [0.15, 0.2) is 0 Å². The Morgan fingerprint density at radius 2 is 0.712 bits per heavy atom. The van der Waals surface area contributed by atoms with Gasteiger partial charge in [-0.05, 0) is 174 Å². The van der Waals surface area contributed by atoms with Crippen LogP contribution in [0.1, 0.15) is 69.2 Å². The molecule has 0 saturated heterocycles. The topological polar surface area (TPSA) is 127 Å². The molecule has 8 heteroatoms. The summed E-state index contributed by atoms with van der Waals surface area (Å²) in [5.41, 5.74) is 28.2. The minimum absolute atomic E-state index is 0.339. The lowest BCUT2D eigenvalue weighted by molar-refractivity contribution is 0.0910. The second kappa shape index (κ2) is 13.8. The SMILES string of the molecule is Cc1cc(N2C(=O)c3ccc(-c4ccc(N)cc4)cc3C2=O)ccc1-c1ccc(-c2ccc(N3C(=O)c4ccc(-c5ccc(N)cc5)cc4C3=O)c(C)c2C)c(C)c1C. The molecule has 2 heterocycles. The van der Waals surface area contributed by atoms with Crippen LogP contribution in [0, 0.1) is 34.6 Å². The van der Waals surface area contributed by atoms with E-state index in [1.165, 1.54) is 9.80 Å². The zero-order valence-corrected chi connectivity index (χ0v) is 33.3. The van der Waals surface area contributed by atoms with Gasteiger partial charge in [0, 0.05) is 11.4 Å². The van der Waals surface area contributed by atoms with Gasteiger partial charge >= 0.3 is 0 Å². The van der Waals surface area contributed by atoms with Crippen molar-refractivity contribution in [3.05, 3.63) is 177 Å². The minimum Gasteiger partial charge on any atom is -0.399 e. The van der Waals surface area contributed by atoms with E-state index in [1.54, 1.807) is 24.3 Å². The summed E-state index contributed by atoms with van der Waals surface area (Å²) >= 11 is 0. The molecule has 0 spiro atoms. The summed E-state index contributed by atoms with van der Waals surface area (Å²) < 4.78 is 0. The predicted molar refractivity (Wildman–Crippen MR) is 236 cm³/mol. The Morgan fingerprint density at radius 3 is 1.22 bits per heavy atom. The molecule has 2 aliphatic rings. The third-order valence-electron chi connectivity index (χ3n) is 12.1. The molecule has 0 unspecified atom stereocenters. The van der Waals surface area contributed by atoms with Gasteiger partial charge in [-0.2, -0.15) is 0 Å². The molecule has 0 radical (unpaired) electrons. The summed E-state index contributed by atoms with van der Waals surface area (Å²) in [7, 11) is 0. The van der Waals surface area contributed by atoms with E-state index in [1.807, 2.05) is 112 Å². The van der Waals surface area contributed by atoms with Crippen LogP contribution >= 0.6 is 0 Å². The number of rotatable bonds is 6. The highest BCUT2D eigenvalue weighted by atomic mass is 16.2. The van der Waals surface area contributed by atoms with Gasteiger partial charge in [0.05, 0.1) is 33.6 Å². The van der Waals surface area contributed by atoms with Crippen LogP contribution in [0.3, 0.4) is 0 Å². The lowest BCUT2D eigenvalue weighted by Gasteiger charge is -2.22. The first kappa shape index (κ1) is 37.0. The third-order valence-corrected chi connectivity index (χ3v) is 12.1. The molecule has 288 valence electrons. The average molecular weight is 773 g/mol. The number of amides is 4. The van der Waals surface area contributed by atoms with Gasteiger partial charge in [0.25, 0.3) is 23.6 Å². The average Bonchev–Trinajstić information content (AvgIpc) is 3.63. The van der Waals surface area contributed by atoms with Crippen molar-refractivity contribution in [2.24, 2.45) is 0 Å². The van der Waals surface area contributed by atoms with Crippen molar-refractivity contribution in [1.82, 2.24) is 0 Å². The summed E-state index contributed by atoms with van der Waals surface area (Å²) in [6.45, 7) is 10.2. The van der Waals surface area contributed by atoms with Crippen molar-refractivity contribution >= 4 is 46.4 Å². The fraction of sp³-hybridized carbons (Fsp3) is 0.0980. The Hall–Kier alpha value is -7.58. The van der Waals surface area contributed by atoms with Crippen molar-refractivity contribution in [3.8, 4) is 44.5 Å². The maximum atomic E-state index is 13.9. The number of carbonyl (C=O) groups is 4. The summed E-state index contributed by atoms with van der Waals surface area (Å²) in [4.78, 5) is 57.4. The van der Waals surface area contributed by atoms with Crippen LogP contribution in [0.15, 0.2) is 127 Å². The van der Waals surface area contributed by atoms with Crippen LogP contribution in [-0.4, -0.2) is 23.6 Å². The smallest absolute Gasteiger partial charge is 0.266 e. The molecule has 59 heavy (non-hydrogen) atoms. The maximum Gasteiger partial charge on any atom is 0.266 e. The van der Waals surface area contributed by atoms with Crippen molar-refractivity contribution in [3.63, 3.8) is 0 Å². The van der Waals surface area contributed by atoms with Crippen LogP contribution < -0.4 is 21.3 Å². The quantitative estimate of drug-likeness (QED) is 0.128. The fourth-order valence-corrected chi connectivity index (χ4v) is 8.48. The normalized spacial score (nSPS) is 13.4. The highest BCUT2D eigenvalue weighted by Gasteiger charge is 2.39. The maximum absolute atomic E-state index is 13.9. The van der Waals surface area contributed by atoms with Gasteiger partial charge in [-0.25, -0.2) is 9.80 Å². The Balaban J connectivity index is 0.981. The molecule has 7 aromatic rings. The highest BCUT2D eigenvalue weighted by molar-refractivity contribution is 6.35. The first-order valence-corrected chi connectivity index (χ1v) is 19.4. The van der Waals surface area contributed by atoms with Gasteiger partial charge in [0.2, 0.25) is 0 Å². The number of aryl methyl sites for hydroxylation is 1. The second-order valence-corrected chi connectivity index (χ2v) is 15.4. The van der Waals surface area contributed by atoms with Crippen molar-refractivity contribution < 1.29 is 19.2 Å². The van der Waals surface area contributed by atoms with Crippen LogP contribution in [0.25, 0.3) is 44.5 Å². The number of hydrogen-bond acceptors (Lipinski definition) is 6. The van der Waals surface area contributed by atoms with Gasteiger partial charge in [0.1, 0.15) is 0 Å². The predicted octanol–water partition coefficient (Wildman–Crippen LogP) is 10.7. The zero-order chi connectivity index (χ0) is 41.4. The number of carbonyl (C=O) groups excluding carboxylic acids is 4. The molecule has 0 bridgehead atoms. The first-order valence-electron chi connectivity index (χ1n) is 19.4. The van der Waals surface area contributed by atoms with E-state index in [0.717, 1.165) is 72.3 Å². The molecular weight excluding hydrogens is 733 g/mol. The molecule has 0 fully saturated rings. The molecule has 8 nitrogen and oxygen atoms in total. The molecule has 0 aromatic heterocycles. The number of hydrogen-bond donors (Lipinski definition) is 2. The largest absolute Gasteiger partial charge is 0.399 e. The van der Waals surface area contributed by atoms with E-state index in [-0.39, 0.29) is 23.6 Å². The minimum atomic E-state index is -0.353. The molecule has 2 aliphatic heterocycles.